The van der Waals surface area contributed by atoms with Gasteiger partial charge in [-0.3, -0.25) is 4.79 Å². The Hall–Kier alpha value is -3.35. The van der Waals surface area contributed by atoms with Crippen molar-refractivity contribution in [2.24, 2.45) is 0 Å². The first-order chi connectivity index (χ1) is 12.9. The van der Waals surface area contributed by atoms with Crippen molar-refractivity contribution in [3.05, 3.63) is 71.2 Å². The van der Waals surface area contributed by atoms with Gasteiger partial charge in [-0.2, -0.15) is 0 Å². The van der Waals surface area contributed by atoms with Gasteiger partial charge in [-0.1, -0.05) is 18.2 Å². The number of nitrogens with one attached hydrogen (secondary N) is 3. The highest BCUT2D eigenvalue weighted by molar-refractivity contribution is 6.06. The molecule has 1 aliphatic rings. The van der Waals surface area contributed by atoms with E-state index in [9.17, 15) is 14.0 Å². The second-order valence-electron chi connectivity index (χ2n) is 6.49. The van der Waals surface area contributed by atoms with E-state index < -0.39 is 23.8 Å². The van der Waals surface area contributed by atoms with Gasteiger partial charge in [-0.25, -0.2) is 9.18 Å². The number of carbonyl (C=O) groups is 2. The van der Waals surface area contributed by atoms with Crippen molar-refractivity contribution in [3.8, 4) is 0 Å². The lowest BCUT2D eigenvalue weighted by Gasteiger charge is -2.29. The second kappa shape index (κ2) is 7.49. The zero-order valence-electron chi connectivity index (χ0n) is 15.3. The number of halogens is 1. The van der Waals surface area contributed by atoms with Gasteiger partial charge in [0.1, 0.15) is 5.82 Å². The van der Waals surface area contributed by atoms with Crippen LogP contribution in [0.3, 0.4) is 0 Å². The fourth-order valence-electron chi connectivity index (χ4n) is 2.98. The van der Waals surface area contributed by atoms with E-state index in [2.05, 4.69) is 16.0 Å². The Morgan fingerprint density at radius 3 is 2.41 bits per heavy atom. The SMILES string of the molecule is CC1=C(C(=O)Nc2ccc(N(C)C)cc2)[C@H](c2ccccc2F)NC(=O)N1. The maximum atomic E-state index is 14.3. The fraction of sp³-hybridized carbons (Fsp3) is 0.200. The summed E-state index contributed by atoms with van der Waals surface area (Å²) < 4.78 is 14.3. The highest BCUT2D eigenvalue weighted by atomic mass is 19.1. The molecule has 3 amide bonds. The van der Waals surface area contributed by atoms with Gasteiger partial charge in [-0.15, -0.1) is 0 Å². The van der Waals surface area contributed by atoms with E-state index in [0.29, 0.717) is 11.4 Å². The number of urea groups is 1. The first-order valence-electron chi connectivity index (χ1n) is 8.48. The molecular weight excluding hydrogens is 347 g/mol. The van der Waals surface area contributed by atoms with Gasteiger partial charge in [0.25, 0.3) is 5.91 Å². The Morgan fingerprint density at radius 2 is 1.78 bits per heavy atom. The summed E-state index contributed by atoms with van der Waals surface area (Å²) in [5.41, 5.74) is 2.49. The highest BCUT2D eigenvalue weighted by Crippen LogP contribution is 2.29. The Morgan fingerprint density at radius 1 is 1.11 bits per heavy atom. The molecule has 0 saturated heterocycles. The number of allylic oxidation sites excluding steroid dienone is 1. The average molecular weight is 368 g/mol. The molecule has 0 bridgehead atoms. The molecular formula is C20H21FN4O2. The Labute approximate surface area is 157 Å². The largest absolute Gasteiger partial charge is 0.378 e. The lowest BCUT2D eigenvalue weighted by molar-refractivity contribution is -0.113. The average Bonchev–Trinajstić information content (AvgIpc) is 2.61. The van der Waals surface area contributed by atoms with E-state index in [1.807, 2.05) is 31.1 Å². The fourth-order valence-corrected chi connectivity index (χ4v) is 2.98. The molecule has 0 radical (unpaired) electrons. The minimum Gasteiger partial charge on any atom is -0.378 e. The minimum absolute atomic E-state index is 0.236. The summed E-state index contributed by atoms with van der Waals surface area (Å²) in [6.45, 7) is 1.62. The van der Waals surface area contributed by atoms with Gasteiger partial charge in [0, 0.05) is 36.7 Å². The van der Waals surface area contributed by atoms with Crippen LogP contribution in [-0.4, -0.2) is 26.0 Å². The van der Waals surface area contributed by atoms with Crippen LogP contribution in [0.15, 0.2) is 59.8 Å². The quantitative estimate of drug-likeness (QED) is 0.776. The molecule has 0 aliphatic carbocycles. The first-order valence-corrected chi connectivity index (χ1v) is 8.48. The third kappa shape index (κ3) is 3.92. The standard InChI is InChI=1S/C20H21FN4O2/c1-12-17(19(26)23-13-8-10-14(11-9-13)25(2)3)18(24-20(27)22-12)15-6-4-5-7-16(15)21/h4-11,18H,1-3H3,(H,23,26)(H2,22,24,27)/t18-/m0/s1. The van der Waals surface area contributed by atoms with E-state index in [0.717, 1.165) is 5.69 Å². The number of nitrogens with zero attached hydrogens (tertiary/aromatic N) is 1. The van der Waals surface area contributed by atoms with Gasteiger partial charge in [0.05, 0.1) is 11.6 Å². The molecule has 1 atom stereocenters. The van der Waals surface area contributed by atoms with Gasteiger partial charge in [-0.05, 0) is 37.3 Å². The Kier molecular flexibility index (Phi) is 5.12. The third-order valence-electron chi connectivity index (χ3n) is 4.37. The molecule has 140 valence electrons. The number of carbonyl (C=O) groups excluding carboxylic acids is 2. The van der Waals surface area contributed by atoms with Crippen molar-refractivity contribution in [3.63, 3.8) is 0 Å². The number of amides is 3. The van der Waals surface area contributed by atoms with Gasteiger partial charge in [0.2, 0.25) is 0 Å². The molecule has 1 aliphatic heterocycles. The van der Waals surface area contributed by atoms with Crippen LogP contribution in [-0.2, 0) is 4.79 Å². The maximum absolute atomic E-state index is 14.3. The van der Waals surface area contributed by atoms with Crippen LogP contribution >= 0.6 is 0 Å². The summed E-state index contributed by atoms with van der Waals surface area (Å²) in [6.07, 6.45) is 0. The van der Waals surface area contributed by atoms with Crippen LogP contribution < -0.4 is 20.9 Å². The minimum atomic E-state index is -0.874. The van der Waals surface area contributed by atoms with Crippen LogP contribution in [0.1, 0.15) is 18.5 Å². The molecule has 0 saturated carbocycles. The molecule has 27 heavy (non-hydrogen) atoms. The van der Waals surface area contributed by atoms with Crippen LogP contribution in [0.2, 0.25) is 0 Å². The highest BCUT2D eigenvalue weighted by Gasteiger charge is 2.32. The molecule has 2 aromatic carbocycles. The molecule has 1 heterocycles. The molecule has 0 spiro atoms. The lowest BCUT2D eigenvalue weighted by Crippen LogP contribution is -2.46. The van der Waals surface area contributed by atoms with E-state index >= 15 is 0 Å². The van der Waals surface area contributed by atoms with E-state index in [1.165, 1.54) is 6.07 Å². The number of hydrogen-bond acceptors (Lipinski definition) is 3. The van der Waals surface area contributed by atoms with E-state index in [4.69, 9.17) is 0 Å². The number of hydrogen-bond donors (Lipinski definition) is 3. The molecule has 3 N–H and O–H groups in total. The van der Waals surface area contributed by atoms with Gasteiger partial charge >= 0.3 is 6.03 Å². The monoisotopic (exact) mass is 368 g/mol. The van der Waals surface area contributed by atoms with Gasteiger partial charge < -0.3 is 20.9 Å². The Balaban J connectivity index is 1.91. The van der Waals surface area contributed by atoms with E-state index in [1.54, 1.807) is 37.3 Å². The zero-order valence-corrected chi connectivity index (χ0v) is 15.3. The molecule has 0 fully saturated rings. The summed E-state index contributed by atoms with van der Waals surface area (Å²) in [6, 6.07) is 12.1. The molecule has 2 aromatic rings. The van der Waals surface area contributed by atoms with Gasteiger partial charge in [0.15, 0.2) is 0 Å². The smallest absolute Gasteiger partial charge is 0.319 e. The molecule has 7 heteroatoms. The Bertz CT molecular complexity index is 906. The summed E-state index contributed by atoms with van der Waals surface area (Å²) in [4.78, 5) is 26.7. The number of anilines is 2. The summed E-state index contributed by atoms with van der Waals surface area (Å²) in [7, 11) is 3.86. The lowest BCUT2D eigenvalue weighted by atomic mass is 9.94. The van der Waals surface area contributed by atoms with E-state index in [-0.39, 0.29) is 11.1 Å². The molecule has 6 nitrogen and oxygen atoms in total. The molecule has 0 unspecified atom stereocenters. The molecule has 0 aromatic heterocycles. The normalized spacial score (nSPS) is 16.4. The predicted molar refractivity (Wildman–Crippen MR) is 103 cm³/mol. The van der Waals surface area contributed by atoms with Crippen LogP contribution in [0.4, 0.5) is 20.6 Å². The second-order valence-corrected chi connectivity index (χ2v) is 6.49. The summed E-state index contributed by atoms with van der Waals surface area (Å²) in [5, 5.41) is 8.02. The van der Waals surface area contributed by atoms with Crippen molar-refractivity contribution in [1.29, 1.82) is 0 Å². The van der Waals surface area contributed by atoms with Crippen LogP contribution in [0.5, 0.6) is 0 Å². The van der Waals surface area contributed by atoms with Crippen molar-refractivity contribution in [1.82, 2.24) is 10.6 Å². The number of benzene rings is 2. The predicted octanol–water partition coefficient (Wildman–Crippen LogP) is 3.16. The summed E-state index contributed by atoms with van der Waals surface area (Å²) >= 11 is 0. The van der Waals surface area contributed by atoms with Crippen molar-refractivity contribution >= 4 is 23.3 Å². The van der Waals surface area contributed by atoms with Crippen LogP contribution in [0, 0.1) is 5.82 Å². The third-order valence-corrected chi connectivity index (χ3v) is 4.37. The zero-order chi connectivity index (χ0) is 19.6. The van der Waals surface area contributed by atoms with Crippen LogP contribution in [0.25, 0.3) is 0 Å². The number of rotatable bonds is 4. The summed E-state index contributed by atoms with van der Waals surface area (Å²) in [5.74, 6) is -0.899. The molecule has 3 rings (SSSR count). The van der Waals surface area contributed by atoms with Crippen molar-refractivity contribution in [2.75, 3.05) is 24.3 Å². The topological polar surface area (TPSA) is 73.5 Å². The first kappa shape index (κ1) is 18.4. The van der Waals surface area contributed by atoms with Crippen molar-refractivity contribution in [2.45, 2.75) is 13.0 Å². The van der Waals surface area contributed by atoms with Crippen molar-refractivity contribution < 1.29 is 14.0 Å². The maximum Gasteiger partial charge on any atom is 0.319 e.